The molecule has 1 atom stereocenters. The first-order valence-electron chi connectivity index (χ1n) is 9.46. The Balaban J connectivity index is 1.69. The molecule has 2 heterocycles. The summed E-state index contributed by atoms with van der Waals surface area (Å²) in [6, 6.07) is 7.86. The minimum absolute atomic E-state index is 0.00207. The van der Waals surface area contributed by atoms with E-state index in [1.807, 2.05) is 52.0 Å². The number of benzene rings is 1. The number of rotatable bonds is 6. The monoisotopic (exact) mass is 378 g/mol. The lowest BCUT2D eigenvalue weighted by atomic mass is 10.0. The summed E-state index contributed by atoms with van der Waals surface area (Å²) < 4.78 is 1.77. The maximum Gasteiger partial charge on any atom is 0.222 e. The molecule has 0 bridgehead atoms. The first-order chi connectivity index (χ1) is 13.3. The number of hydrogen-bond acceptors (Lipinski definition) is 4. The number of carbonyl (C=O) groups excluding carboxylic acids is 2. The Hall–Kier alpha value is -3.02. The minimum Gasteiger partial charge on any atom is -0.352 e. The zero-order valence-electron chi connectivity index (χ0n) is 17.0. The number of nitrogens with one attached hydrogen (secondary N) is 1. The molecular weight excluding hydrogens is 352 g/mol. The zero-order chi connectivity index (χ0) is 20.4. The van der Waals surface area contributed by atoms with Crippen LogP contribution in [0.5, 0.6) is 0 Å². The van der Waals surface area contributed by atoms with E-state index in [0.717, 1.165) is 27.7 Å². The van der Waals surface area contributed by atoms with Crippen LogP contribution in [-0.2, 0) is 11.3 Å². The molecule has 28 heavy (non-hydrogen) atoms. The van der Waals surface area contributed by atoms with Crippen molar-refractivity contribution in [3.05, 3.63) is 58.5 Å². The van der Waals surface area contributed by atoms with Crippen molar-refractivity contribution < 1.29 is 9.59 Å². The summed E-state index contributed by atoms with van der Waals surface area (Å²) >= 11 is 0. The van der Waals surface area contributed by atoms with Crippen LogP contribution < -0.4 is 5.32 Å². The van der Waals surface area contributed by atoms with Gasteiger partial charge in [-0.15, -0.1) is 0 Å². The summed E-state index contributed by atoms with van der Waals surface area (Å²) in [5.41, 5.74) is 5.27. The second kappa shape index (κ2) is 7.92. The summed E-state index contributed by atoms with van der Waals surface area (Å²) in [7, 11) is 0. The van der Waals surface area contributed by atoms with E-state index < -0.39 is 0 Å². The fourth-order valence-electron chi connectivity index (χ4n) is 3.75. The fourth-order valence-corrected chi connectivity index (χ4v) is 3.75. The van der Waals surface area contributed by atoms with Gasteiger partial charge in [0.1, 0.15) is 0 Å². The topological polar surface area (TPSA) is 76.9 Å². The predicted octanol–water partition coefficient (Wildman–Crippen LogP) is 3.83. The van der Waals surface area contributed by atoms with Gasteiger partial charge < -0.3 is 5.32 Å². The number of ketones is 1. The van der Waals surface area contributed by atoms with E-state index in [4.69, 9.17) is 0 Å². The van der Waals surface area contributed by atoms with Crippen molar-refractivity contribution in [1.29, 1.82) is 0 Å². The van der Waals surface area contributed by atoms with Gasteiger partial charge in [-0.3, -0.25) is 19.3 Å². The molecule has 1 aromatic carbocycles. The van der Waals surface area contributed by atoms with E-state index in [1.54, 1.807) is 17.8 Å². The molecule has 0 aliphatic carbocycles. The Morgan fingerprint density at radius 1 is 1.18 bits per heavy atom. The van der Waals surface area contributed by atoms with Gasteiger partial charge in [-0.05, 0) is 51.8 Å². The van der Waals surface area contributed by atoms with E-state index in [1.165, 1.54) is 0 Å². The van der Waals surface area contributed by atoms with Gasteiger partial charge in [-0.2, -0.15) is 5.10 Å². The van der Waals surface area contributed by atoms with E-state index in [-0.39, 0.29) is 17.7 Å². The summed E-state index contributed by atoms with van der Waals surface area (Å²) in [6.45, 7) is 9.65. The Bertz CT molecular complexity index is 1050. The van der Waals surface area contributed by atoms with Crippen LogP contribution in [0.4, 0.5) is 0 Å². The predicted molar refractivity (Wildman–Crippen MR) is 109 cm³/mol. The summed E-state index contributed by atoms with van der Waals surface area (Å²) in [5, 5.41) is 8.52. The van der Waals surface area contributed by atoms with E-state index in [2.05, 4.69) is 15.4 Å². The molecule has 0 spiro atoms. The molecule has 0 saturated heterocycles. The standard InChI is InChI=1S/C22H26N4O2/c1-13-8-9-18(19-7-6-10-23-22(13)19)12-24-20(28)11-14(2)26-16(4)21(17(5)27)15(3)25-26/h6-10,14H,11-12H2,1-5H3,(H,24,28). The van der Waals surface area contributed by atoms with Gasteiger partial charge in [-0.1, -0.05) is 18.2 Å². The highest BCUT2D eigenvalue weighted by atomic mass is 16.1. The molecule has 3 rings (SSSR count). The van der Waals surface area contributed by atoms with Crippen LogP contribution in [0.3, 0.4) is 0 Å². The lowest BCUT2D eigenvalue weighted by Gasteiger charge is -2.15. The number of amides is 1. The van der Waals surface area contributed by atoms with Crippen LogP contribution in [0.2, 0.25) is 0 Å². The van der Waals surface area contributed by atoms with Crippen LogP contribution in [0.15, 0.2) is 30.5 Å². The number of nitrogens with zero attached hydrogens (tertiary/aromatic N) is 3. The number of fused-ring (bicyclic) bond motifs is 1. The first-order valence-corrected chi connectivity index (χ1v) is 9.46. The molecular formula is C22H26N4O2. The molecule has 6 nitrogen and oxygen atoms in total. The fraction of sp³-hybridized carbons (Fsp3) is 0.364. The zero-order valence-corrected chi connectivity index (χ0v) is 17.0. The number of hydrogen-bond donors (Lipinski definition) is 1. The normalized spacial score (nSPS) is 12.2. The molecule has 0 radical (unpaired) electrons. The quantitative estimate of drug-likeness (QED) is 0.662. The van der Waals surface area contributed by atoms with Crippen LogP contribution in [0, 0.1) is 20.8 Å². The van der Waals surface area contributed by atoms with Crippen molar-refractivity contribution >= 4 is 22.6 Å². The first kappa shape index (κ1) is 19.7. The number of pyridine rings is 1. The Labute approximate surface area is 165 Å². The van der Waals surface area contributed by atoms with E-state index >= 15 is 0 Å². The third kappa shape index (κ3) is 3.81. The molecule has 2 aromatic heterocycles. The second-order valence-corrected chi connectivity index (χ2v) is 7.32. The lowest BCUT2D eigenvalue weighted by molar-refractivity contribution is -0.122. The number of carbonyl (C=O) groups is 2. The minimum atomic E-state index is -0.136. The number of aromatic nitrogens is 3. The number of aryl methyl sites for hydroxylation is 2. The highest BCUT2D eigenvalue weighted by molar-refractivity contribution is 5.96. The van der Waals surface area contributed by atoms with Crippen LogP contribution in [-0.4, -0.2) is 26.5 Å². The third-order valence-corrected chi connectivity index (χ3v) is 5.11. The molecule has 146 valence electrons. The number of Topliss-reactive ketones (excluding diaryl/α,β-unsaturated/α-hetero) is 1. The summed E-state index contributed by atoms with van der Waals surface area (Å²) in [6.07, 6.45) is 2.07. The maximum absolute atomic E-state index is 12.5. The van der Waals surface area contributed by atoms with Gasteiger partial charge in [0.05, 0.1) is 22.8 Å². The molecule has 0 aliphatic heterocycles. The average Bonchev–Trinajstić information content (AvgIpc) is 2.96. The molecule has 1 unspecified atom stereocenters. The van der Waals surface area contributed by atoms with Gasteiger partial charge >= 0.3 is 0 Å². The van der Waals surface area contributed by atoms with E-state index in [9.17, 15) is 9.59 Å². The smallest absolute Gasteiger partial charge is 0.222 e. The van der Waals surface area contributed by atoms with Gasteiger partial charge in [0.15, 0.2) is 5.78 Å². The van der Waals surface area contributed by atoms with Crippen molar-refractivity contribution in [2.45, 2.75) is 53.6 Å². The highest BCUT2D eigenvalue weighted by Crippen LogP contribution is 2.21. The molecule has 0 aliphatic rings. The van der Waals surface area contributed by atoms with Crippen molar-refractivity contribution in [3.8, 4) is 0 Å². The summed E-state index contributed by atoms with van der Waals surface area (Å²) in [4.78, 5) is 28.7. The van der Waals surface area contributed by atoms with E-state index in [0.29, 0.717) is 24.2 Å². The van der Waals surface area contributed by atoms with Crippen LogP contribution in [0.1, 0.15) is 59.2 Å². The van der Waals surface area contributed by atoms with Gasteiger partial charge in [0, 0.05) is 30.2 Å². The third-order valence-electron chi connectivity index (χ3n) is 5.11. The van der Waals surface area contributed by atoms with Gasteiger partial charge in [0.25, 0.3) is 0 Å². The highest BCUT2D eigenvalue weighted by Gasteiger charge is 2.20. The summed E-state index contributed by atoms with van der Waals surface area (Å²) in [5.74, 6) is -0.0557. The Morgan fingerprint density at radius 3 is 2.61 bits per heavy atom. The van der Waals surface area contributed by atoms with Crippen molar-refractivity contribution in [1.82, 2.24) is 20.1 Å². The SMILES string of the molecule is CC(=O)c1c(C)nn(C(C)CC(=O)NCc2ccc(C)c3ncccc23)c1C. The molecule has 0 saturated carbocycles. The van der Waals surface area contributed by atoms with Crippen LogP contribution >= 0.6 is 0 Å². The Morgan fingerprint density at radius 2 is 1.93 bits per heavy atom. The Kier molecular flexibility index (Phi) is 5.58. The van der Waals surface area contributed by atoms with Crippen molar-refractivity contribution in [3.63, 3.8) is 0 Å². The largest absolute Gasteiger partial charge is 0.352 e. The van der Waals surface area contributed by atoms with Crippen LogP contribution in [0.25, 0.3) is 10.9 Å². The maximum atomic E-state index is 12.5. The van der Waals surface area contributed by atoms with Gasteiger partial charge in [-0.25, -0.2) is 0 Å². The average molecular weight is 378 g/mol. The molecule has 1 amide bonds. The van der Waals surface area contributed by atoms with Gasteiger partial charge in [0.2, 0.25) is 5.91 Å². The van der Waals surface area contributed by atoms with Crippen molar-refractivity contribution in [2.24, 2.45) is 0 Å². The molecule has 6 heteroatoms. The lowest BCUT2D eigenvalue weighted by Crippen LogP contribution is -2.26. The molecule has 1 N–H and O–H groups in total. The molecule has 3 aromatic rings. The second-order valence-electron chi connectivity index (χ2n) is 7.32. The van der Waals surface area contributed by atoms with Crippen molar-refractivity contribution in [2.75, 3.05) is 0 Å². The molecule has 0 fully saturated rings.